The minimum atomic E-state index is -0.979. The zero-order valence-electron chi connectivity index (χ0n) is 9.32. The molecular formula is C11H19NO3. The van der Waals surface area contributed by atoms with Crippen molar-refractivity contribution < 1.29 is 14.7 Å². The first-order valence-corrected chi connectivity index (χ1v) is 5.13. The zero-order chi connectivity index (χ0) is 11.8. The van der Waals surface area contributed by atoms with Gasteiger partial charge in [-0.15, -0.1) is 6.58 Å². The third-order valence-corrected chi connectivity index (χ3v) is 2.04. The van der Waals surface area contributed by atoms with Gasteiger partial charge in [-0.25, -0.2) is 4.79 Å². The molecule has 0 aromatic heterocycles. The molecule has 4 heteroatoms. The molecule has 4 nitrogen and oxygen atoms in total. The van der Waals surface area contributed by atoms with Crippen LogP contribution in [-0.2, 0) is 9.59 Å². The molecular weight excluding hydrogens is 194 g/mol. The van der Waals surface area contributed by atoms with Crippen LogP contribution in [0.15, 0.2) is 12.7 Å². The van der Waals surface area contributed by atoms with Crippen LogP contribution in [0.25, 0.3) is 0 Å². The lowest BCUT2D eigenvalue weighted by atomic mass is 10.1. The van der Waals surface area contributed by atoms with Gasteiger partial charge < -0.3 is 10.4 Å². The lowest BCUT2D eigenvalue weighted by molar-refractivity contribution is -0.142. The summed E-state index contributed by atoms with van der Waals surface area (Å²) in [5.41, 5.74) is 0. The van der Waals surface area contributed by atoms with E-state index in [1.165, 1.54) is 0 Å². The topological polar surface area (TPSA) is 66.4 Å². The number of hydrogen-bond donors (Lipinski definition) is 2. The van der Waals surface area contributed by atoms with Crippen molar-refractivity contribution in [2.75, 3.05) is 0 Å². The maximum Gasteiger partial charge on any atom is 0.326 e. The summed E-state index contributed by atoms with van der Waals surface area (Å²) in [6, 6.07) is -0.778. The number of aliphatic carboxylic acids is 1. The molecule has 0 fully saturated rings. The van der Waals surface area contributed by atoms with Crippen molar-refractivity contribution in [2.24, 2.45) is 5.92 Å². The Morgan fingerprint density at radius 1 is 1.47 bits per heavy atom. The Morgan fingerprint density at radius 3 is 2.47 bits per heavy atom. The fourth-order valence-electron chi connectivity index (χ4n) is 1.06. The van der Waals surface area contributed by atoms with Crippen molar-refractivity contribution in [3.63, 3.8) is 0 Å². The molecule has 0 saturated heterocycles. The van der Waals surface area contributed by atoms with E-state index < -0.39 is 12.0 Å². The molecule has 0 aliphatic heterocycles. The summed E-state index contributed by atoms with van der Waals surface area (Å²) in [6.45, 7) is 7.03. The highest BCUT2D eigenvalue weighted by Crippen LogP contribution is 2.03. The lowest BCUT2D eigenvalue weighted by Crippen LogP contribution is -2.42. The van der Waals surface area contributed by atoms with E-state index in [-0.39, 0.29) is 11.8 Å². The average molecular weight is 213 g/mol. The second-order valence-electron chi connectivity index (χ2n) is 3.77. The SMILES string of the molecule is C=CCCC[C@@H](NC(=O)C(C)C)C(=O)O. The number of allylic oxidation sites excluding steroid dienone is 1. The summed E-state index contributed by atoms with van der Waals surface area (Å²) < 4.78 is 0. The third kappa shape index (κ3) is 5.88. The maximum atomic E-state index is 11.3. The largest absolute Gasteiger partial charge is 0.480 e. The van der Waals surface area contributed by atoms with Crippen LogP contribution in [0.5, 0.6) is 0 Å². The van der Waals surface area contributed by atoms with Crippen molar-refractivity contribution in [2.45, 2.75) is 39.2 Å². The number of nitrogens with one attached hydrogen (secondary N) is 1. The van der Waals surface area contributed by atoms with Gasteiger partial charge >= 0.3 is 5.97 Å². The second-order valence-corrected chi connectivity index (χ2v) is 3.77. The van der Waals surface area contributed by atoms with E-state index in [4.69, 9.17) is 5.11 Å². The van der Waals surface area contributed by atoms with Crippen LogP contribution >= 0.6 is 0 Å². The van der Waals surface area contributed by atoms with Crippen molar-refractivity contribution in [3.8, 4) is 0 Å². The number of carbonyl (C=O) groups excluding carboxylic acids is 1. The Balaban J connectivity index is 4.10. The molecule has 0 aliphatic carbocycles. The molecule has 1 atom stereocenters. The first kappa shape index (κ1) is 13.7. The highest BCUT2D eigenvalue weighted by atomic mass is 16.4. The molecule has 0 aliphatic rings. The number of rotatable bonds is 7. The van der Waals surface area contributed by atoms with E-state index in [9.17, 15) is 9.59 Å². The van der Waals surface area contributed by atoms with Crippen LogP contribution in [0.2, 0.25) is 0 Å². The molecule has 0 radical (unpaired) electrons. The van der Waals surface area contributed by atoms with Crippen molar-refractivity contribution >= 4 is 11.9 Å². The standard InChI is InChI=1S/C11H19NO3/c1-4-5-6-7-9(11(14)15)12-10(13)8(2)3/h4,8-9H,1,5-7H2,2-3H3,(H,12,13)(H,14,15)/t9-/m1/s1. The van der Waals surface area contributed by atoms with Crippen LogP contribution < -0.4 is 5.32 Å². The minimum absolute atomic E-state index is 0.189. The van der Waals surface area contributed by atoms with E-state index in [1.807, 2.05) is 0 Å². The molecule has 0 aromatic rings. The van der Waals surface area contributed by atoms with E-state index in [2.05, 4.69) is 11.9 Å². The van der Waals surface area contributed by atoms with Gasteiger partial charge in [0.05, 0.1) is 0 Å². The minimum Gasteiger partial charge on any atom is -0.480 e. The summed E-state index contributed by atoms with van der Waals surface area (Å²) >= 11 is 0. The molecule has 0 rings (SSSR count). The number of carboxylic acid groups (broad SMARTS) is 1. The molecule has 1 amide bonds. The Morgan fingerprint density at radius 2 is 2.07 bits per heavy atom. The number of hydrogen-bond acceptors (Lipinski definition) is 2. The van der Waals surface area contributed by atoms with Gasteiger partial charge in [0.1, 0.15) is 6.04 Å². The molecule has 2 N–H and O–H groups in total. The summed E-state index contributed by atoms with van der Waals surface area (Å²) in [5.74, 6) is -1.39. The summed E-state index contributed by atoms with van der Waals surface area (Å²) in [4.78, 5) is 22.1. The van der Waals surface area contributed by atoms with Crippen LogP contribution in [0.4, 0.5) is 0 Å². The van der Waals surface area contributed by atoms with Gasteiger partial charge in [-0.3, -0.25) is 4.79 Å². The van der Waals surface area contributed by atoms with Crippen LogP contribution in [0, 0.1) is 5.92 Å². The van der Waals surface area contributed by atoms with E-state index >= 15 is 0 Å². The fraction of sp³-hybridized carbons (Fsp3) is 0.636. The Bertz CT molecular complexity index is 236. The monoisotopic (exact) mass is 213 g/mol. The predicted molar refractivity (Wildman–Crippen MR) is 58.5 cm³/mol. The van der Waals surface area contributed by atoms with Gasteiger partial charge in [0.15, 0.2) is 0 Å². The summed E-state index contributed by atoms with van der Waals surface area (Å²) in [7, 11) is 0. The Kier molecular flexibility index (Phi) is 6.42. The highest BCUT2D eigenvalue weighted by Gasteiger charge is 2.20. The van der Waals surface area contributed by atoms with Gasteiger partial charge in [0.25, 0.3) is 0 Å². The normalized spacial score (nSPS) is 12.2. The van der Waals surface area contributed by atoms with Crippen molar-refractivity contribution in [1.82, 2.24) is 5.32 Å². The van der Waals surface area contributed by atoms with E-state index in [0.717, 1.165) is 12.8 Å². The Hall–Kier alpha value is -1.32. The van der Waals surface area contributed by atoms with Crippen molar-refractivity contribution in [1.29, 1.82) is 0 Å². The van der Waals surface area contributed by atoms with Crippen LogP contribution in [-0.4, -0.2) is 23.0 Å². The van der Waals surface area contributed by atoms with Gasteiger partial charge in [0.2, 0.25) is 5.91 Å². The average Bonchev–Trinajstić information content (AvgIpc) is 2.15. The number of carbonyl (C=O) groups is 2. The lowest BCUT2D eigenvalue weighted by Gasteiger charge is -2.15. The molecule has 0 aromatic carbocycles. The van der Waals surface area contributed by atoms with Gasteiger partial charge in [-0.1, -0.05) is 19.9 Å². The van der Waals surface area contributed by atoms with Crippen molar-refractivity contribution in [3.05, 3.63) is 12.7 Å². The second kappa shape index (κ2) is 7.04. The van der Waals surface area contributed by atoms with Crippen LogP contribution in [0.3, 0.4) is 0 Å². The summed E-state index contributed by atoms with van der Waals surface area (Å²) in [5, 5.41) is 11.4. The molecule has 86 valence electrons. The third-order valence-electron chi connectivity index (χ3n) is 2.04. The highest BCUT2D eigenvalue weighted by molar-refractivity contribution is 5.84. The molecule has 0 heterocycles. The number of unbranched alkanes of at least 4 members (excludes halogenated alkanes) is 1. The van der Waals surface area contributed by atoms with Gasteiger partial charge in [-0.2, -0.15) is 0 Å². The molecule has 0 bridgehead atoms. The zero-order valence-corrected chi connectivity index (χ0v) is 9.32. The molecule has 15 heavy (non-hydrogen) atoms. The smallest absolute Gasteiger partial charge is 0.326 e. The quantitative estimate of drug-likeness (QED) is 0.498. The van der Waals surface area contributed by atoms with E-state index in [0.29, 0.717) is 6.42 Å². The van der Waals surface area contributed by atoms with Gasteiger partial charge in [0, 0.05) is 5.92 Å². The fourth-order valence-corrected chi connectivity index (χ4v) is 1.06. The summed E-state index contributed by atoms with van der Waals surface area (Å²) in [6.07, 6.45) is 3.67. The maximum absolute atomic E-state index is 11.3. The van der Waals surface area contributed by atoms with E-state index in [1.54, 1.807) is 19.9 Å². The van der Waals surface area contributed by atoms with Gasteiger partial charge in [-0.05, 0) is 19.3 Å². The molecule has 0 spiro atoms. The predicted octanol–water partition coefficient (Wildman–Crippen LogP) is 1.57. The van der Waals surface area contributed by atoms with Crippen LogP contribution in [0.1, 0.15) is 33.1 Å². The molecule has 0 saturated carbocycles. The Labute approximate surface area is 90.4 Å². The number of amides is 1. The number of carboxylic acids is 1. The molecule has 0 unspecified atom stereocenters. The first-order chi connectivity index (χ1) is 6.99. The first-order valence-electron chi connectivity index (χ1n) is 5.13.